The first-order chi connectivity index (χ1) is 14.0. The molecule has 0 aromatic carbocycles. The summed E-state index contributed by atoms with van der Waals surface area (Å²) in [5, 5.41) is 20.7. The van der Waals surface area contributed by atoms with E-state index in [9.17, 15) is 10.1 Å². The maximum absolute atomic E-state index is 11.0. The number of nitrogens with zero attached hydrogens (tertiary/aromatic N) is 8. The number of nitro groups is 1. The first-order valence-corrected chi connectivity index (χ1v) is 9.88. The van der Waals surface area contributed by atoms with Crippen molar-refractivity contribution in [2.45, 2.75) is 33.2 Å². The fourth-order valence-corrected chi connectivity index (χ4v) is 4.83. The minimum atomic E-state index is -0.463. The van der Waals surface area contributed by atoms with Crippen molar-refractivity contribution >= 4 is 43.1 Å². The molecule has 5 heterocycles. The van der Waals surface area contributed by atoms with Crippen LogP contribution in [0.15, 0.2) is 24.8 Å². The summed E-state index contributed by atoms with van der Waals surface area (Å²) in [5.41, 5.74) is 3.60. The number of aryl methyl sites for hydroxylation is 2. The second-order valence-electron chi connectivity index (χ2n) is 6.88. The van der Waals surface area contributed by atoms with Crippen molar-refractivity contribution in [3.05, 3.63) is 52.0 Å². The van der Waals surface area contributed by atoms with Gasteiger partial charge in [-0.3, -0.25) is 14.8 Å². The van der Waals surface area contributed by atoms with Gasteiger partial charge in [0.05, 0.1) is 10.4 Å². The molecule has 0 fully saturated rings. The van der Waals surface area contributed by atoms with Gasteiger partial charge in [0.1, 0.15) is 34.3 Å². The summed E-state index contributed by atoms with van der Waals surface area (Å²) in [6.45, 7) is 6.00. The maximum Gasteiger partial charge on any atom is 0.307 e. The van der Waals surface area contributed by atoms with Gasteiger partial charge in [0, 0.05) is 11.1 Å². The lowest BCUT2D eigenvalue weighted by atomic mass is 10.1. The van der Waals surface area contributed by atoms with Gasteiger partial charge in [-0.2, -0.15) is 5.10 Å². The number of thiophene rings is 1. The highest BCUT2D eigenvalue weighted by atomic mass is 32.1. The number of pyridine rings is 1. The molecule has 0 saturated heterocycles. The molecule has 5 rings (SSSR count). The molecule has 0 amide bonds. The van der Waals surface area contributed by atoms with Crippen LogP contribution in [0, 0.1) is 24.0 Å². The molecule has 0 bridgehead atoms. The molecule has 1 atom stereocenters. The average Bonchev–Trinajstić information content (AvgIpc) is 3.37. The second-order valence-corrected chi connectivity index (χ2v) is 7.88. The van der Waals surface area contributed by atoms with Crippen molar-refractivity contribution in [1.82, 2.24) is 34.3 Å². The monoisotopic (exact) mass is 408 g/mol. The molecule has 5 aromatic heterocycles. The zero-order valence-corrected chi connectivity index (χ0v) is 16.7. The average molecular weight is 408 g/mol. The number of aromatic nitrogens is 7. The van der Waals surface area contributed by atoms with E-state index < -0.39 is 4.92 Å². The van der Waals surface area contributed by atoms with Crippen LogP contribution in [0.2, 0.25) is 0 Å². The molecule has 0 aliphatic rings. The lowest BCUT2D eigenvalue weighted by molar-refractivity contribution is -0.385. The van der Waals surface area contributed by atoms with Gasteiger partial charge in [-0.25, -0.2) is 19.5 Å². The van der Waals surface area contributed by atoms with Crippen LogP contribution in [-0.4, -0.2) is 39.3 Å². The summed E-state index contributed by atoms with van der Waals surface area (Å²) < 4.78 is 4.11. The van der Waals surface area contributed by atoms with E-state index in [4.69, 9.17) is 4.98 Å². The van der Waals surface area contributed by atoms with Gasteiger partial charge in [-0.15, -0.1) is 16.4 Å². The molecule has 0 saturated carbocycles. The predicted molar refractivity (Wildman–Crippen MR) is 108 cm³/mol. The van der Waals surface area contributed by atoms with Crippen LogP contribution in [-0.2, 0) is 0 Å². The fourth-order valence-electron chi connectivity index (χ4n) is 3.61. The second kappa shape index (κ2) is 6.27. The minimum absolute atomic E-state index is 0.0577. The zero-order chi connectivity index (χ0) is 20.3. The normalized spacial score (nSPS) is 12.9. The Kier molecular flexibility index (Phi) is 3.81. The molecular weight excluding hydrogens is 392 g/mol. The number of hydrogen-bond acceptors (Lipinski definition) is 8. The fraction of sp³-hybridized carbons (Fsp3) is 0.278. The van der Waals surface area contributed by atoms with E-state index in [2.05, 4.69) is 27.1 Å². The Balaban J connectivity index is 1.70. The van der Waals surface area contributed by atoms with Gasteiger partial charge in [0.25, 0.3) is 0 Å². The molecule has 0 N–H and O–H groups in total. The lowest BCUT2D eigenvalue weighted by Gasteiger charge is -2.10. The third-order valence-electron chi connectivity index (χ3n) is 4.91. The smallest absolute Gasteiger partial charge is 0.258 e. The maximum atomic E-state index is 11.0. The molecule has 5 aromatic rings. The van der Waals surface area contributed by atoms with Crippen molar-refractivity contribution < 1.29 is 4.92 Å². The van der Waals surface area contributed by atoms with E-state index in [0.717, 1.165) is 31.7 Å². The Hall–Kier alpha value is -3.47. The van der Waals surface area contributed by atoms with Gasteiger partial charge in [-0.05, 0) is 31.9 Å². The first-order valence-electron chi connectivity index (χ1n) is 9.06. The van der Waals surface area contributed by atoms with Crippen molar-refractivity contribution in [2.24, 2.45) is 0 Å². The van der Waals surface area contributed by atoms with Gasteiger partial charge >= 0.3 is 5.69 Å². The third kappa shape index (κ3) is 2.65. The zero-order valence-electron chi connectivity index (χ0n) is 15.9. The molecule has 11 heteroatoms. The number of rotatable bonds is 4. The summed E-state index contributed by atoms with van der Waals surface area (Å²) in [4.78, 5) is 25.5. The molecular formula is C18H16N8O2S. The quantitative estimate of drug-likeness (QED) is 0.329. The lowest BCUT2D eigenvalue weighted by Crippen LogP contribution is -2.12. The summed E-state index contributed by atoms with van der Waals surface area (Å²) in [6, 6.07) is 1.74. The van der Waals surface area contributed by atoms with Crippen molar-refractivity contribution in [3.63, 3.8) is 0 Å². The molecule has 0 radical (unpaired) electrons. The Morgan fingerprint density at radius 2 is 2.14 bits per heavy atom. The van der Waals surface area contributed by atoms with Crippen molar-refractivity contribution in [3.8, 4) is 0 Å². The highest BCUT2D eigenvalue weighted by Crippen LogP contribution is 2.36. The van der Waals surface area contributed by atoms with Crippen molar-refractivity contribution in [2.75, 3.05) is 0 Å². The van der Waals surface area contributed by atoms with Crippen LogP contribution in [0.25, 0.3) is 26.1 Å². The van der Waals surface area contributed by atoms with E-state index >= 15 is 0 Å². The summed E-state index contributed by atoms with van der Waals surface area (Å²) in [7, 11) is 0. The van der Waals surface area contributed by atoms with E-state index in [1.807, 2.05) is 19.9 Å². The Labute approximate surface area is 168 Å². The molecule has 29 heavy (non-hydrogen) atoms. The van der Waals surface area contributed by atoms with Crippen LogP contribution in [0.1, 0.15) is 36.5 Å². The largest absolute Gasteiger partial charge is 0.307 e. The Morgan fingerprint density at radius 3 is 2.86 bits per heavy atom. The molecule has 0 unspecified atom stereocenters. The first kappa shape index (κ1) is 17.6. The van der Waals surface area contributed by atoms with E-state index in [1.54, 1.807) is 22.2 Å². The summed E-state index contributed by atoms with van der Waals surface area (Å²) in [6.07, 6.45) is 4.93. The summed E-state index contributed by atoms with van der Waals surface area (Å²) in [5.74, 6) is 0.540. The molecule has 0 spiro atoms. The standard InChI is InChI=1S/C18H16N8O2S/c1-4-12(24-7-11(6-20-24)26(27)28)16-22-17-15-14(19-8-25(17)23-16)13-9(2)5-10(3)21-18(13)29-15/h5-8,12H,4H2,1-3H3/t12-/m1/s1. The topological polar surface area (TPSA) is 117 Å². The van der Waals surface area contributed by atoms with E-state index in [-0.39, 0.29) is 11.7 Å². The highest BCUT2D eigenvalue weighted by Gasteiger charge is 2.23. The molecule has 0 aliphatic carbocycles. The highest BCUT2D eigenvalue weighted by molar-refractivity contribution is 7.26. The van der Waals surface area contributed by atoms with Gasteiger partial charge in [0.2, 0.25) is 0 Å². The number of fused-ring (bicyclic) bond motifs is 5. The number of hydrogen-bond donors (Lipinski definition) is 0. The Bertz CT molecular complexity index is 1420. The van der Waals surface area contributed by atoms with Crippen LogP contribution in [0.3, 0.4) is 0 Å². The van der Waals surface area contributed by atoms with Crippen LogP contribution < -0.4 is 0 Å². The van der Waals surface area contributed by atoms with E-state index in [1.165, 1.54) is 17.1 Å². The van der Waals surface area contributed by atoms with Gasteiger partial charge < -0.3 is 0 Å². The minimum Gasteiger partial charge on any atom is -0.258 e. The predicted octanol–water partition coefficient (Wildman–Crippen LogP) is 3.61. The molecule has 0 aliphatic heterocycles. The van der Waals surface area contributed by atoms with Gasteiger partial charge in [-0.1, -0.05) is 6.92 Å². The molecule has 146 valence electrons. The third-order valence-corrected chi connectivity index (χ3v) is 5.98. The summed E-state index contributed by atoms with van der Waals surface area (Å²) >= 11 is 1.55. The van der Waals surface area contributed by atoms with Gasteiger partial charge in [0.15, 0.2) is 11.5 Å². The molecule has 10 nitrogen and oxygen atoms in total. The van der Waals surface area contributed by atoms with Crippen LogP contribution in [0.5, 0.6) is 0 Å². The van der Waals surface area contributed by atoms with Crippen LogP contribution >= 0.6 is 11.3 Å². The van der Waals surface area contributed by atoms with E-state index in [0.29, 0.717) is 17.9 Å². The van der Waals surface area contributed by atoms with Crippen LogP contribution in [0.4, 0.5) is 5.69 Å². The van der Waals surface area contributed by atoms with Crippen molar-refractivity contribution in [1.29, 1.82) is 0 Å². The SMILES string of the molecule is CC[C@H](c1nc2c3sc4nc(C)cc(C)c4c3ncn2n1)n1cc([N+](=O)[O-])cn1. The Morgan fingerprint density at radius 1 is 1.31 bits per heavy atom.